The van der Waals surface area contributed by atoms with Crippen molar-refractivity contribution >= 4 is 12.6 Å². The van der Waals surface area contributed by atoms with E-state index in [0.29, 0.717) is 35.8 Å². The third kappa shape index (κ3) is 4.02. The van der Waals surface area contributed by atoms with Gasteiger partial charge in [0.1, 0.15) is 11.5 Å². The fourth-order valence-corrected chi connectivity index (χ4v) is 3.03. The molecule has 0 N–H and O–H groups in total. The lowest BCUT2D eigenvalue weighted by molar-refractivity contribution is 0.111. The molecule has 0 saturated heterocycles. The van der Waals surface area contributed by atoms with Gasteiger partial charge in [0.2, 0.25) is 0 Å². The van der Waals surface area contributed by atoms with Crippen molar-refractivity contribution in [3.63, 3.8) is 0 Å². The van der Waals surface area contributed by atoms with Crippen LogP contribution in [0.25, 0.3) is 11.1 Å². The van der Waals surface area contributed by atoms with Gasteiger partial charge in [-0.2, -0.15) is 0 Å². The van der Waals surface area contributed by atoms with E-state index < -0.39 is 0 Å². The molecule has 0 unspecified atom stereocenters. The third-order valence-electron chi connectivity index (χ3n) is 4.32. The van der Waals surface area contributed by atoms with E-state index in [1.54, 1.807) is 12.1 Å². The Morgan fingerprint density at radius 2 is 1.15 bits per heavy atom. The van der Waals surface area contributed by atoms with E-state index >= 15 is 0 Å². The largest absolute Gasteiger partial charge is 0.492 e. The molecule has 0 spiro atoms. The quantitative estimate of drug-likeness (QED) is 0.573. The van der Waals surface area contributed by atoms with Crippen LogP contribution < -0.4 is 9.47 Å². The van der Waals surface area contributed by atoms with Crippen LogP contribution in [-0.4, -0.2) is 25.8 Å². The Labute approximate surface area is 153 Å². The minimum atomic E-state index is 0.493. The Morgan fingerprint density at radius 1 is 0.692 bits per heavy atom. The fraction of sp³-hybridized carbons (Fsp3) is 0.273. The predicted octanol–water partition coefficient (Wildman–Crippen LogP) is 4.87. The van der Waals surface area contributed by atoms with Crippen LogP contribution in [0.3, 0.4) is 0 Å². The van der Waals surface area contributed by atoms with E-state index in [1.807, 2.05) is 24.3 Å². The van der Waals surface area contributed by atoms with Gasteiger partial charge in [-0.3, -0.25) is 9.59 Å². The molecule has 134 valence electrons. The number of fused-ring (bicyclic) bond motifs is 3. The lowest BCUT2D eigenvalue weighted by Crippen LogP contribution is -2.05. The maximum Gasteiger partial charge on any atom is 0.153 e. The number of carbonyl (C=O) groups is 2. The molecular formula is C22H22O4. The van der Waals surface area contributed by atoms with Gasteiger partial charge in [-0.05, 0) is 37.8 Å². The van der Waals surface area contributed by atoms with Crippen molar-refractivity contribution in [1.29, 1.82) is 0 Å². The van der Waals surface area contributed by atoms with Crippen LogP contribution in [0.2, 0.25) is 0 Å². The van der Waals surface area contributed by atoms with Crippen LogP contribution in [0, 0.1) is 0 Å². The van der Waals surface area contributed by atoms with Crippen LogP contribution >= 0.6 is 0 Å². The molecule has 4 heteroatoms. The second-order valence-corrected chi connectivity index (χ2v) is 6.14. The zero-order chi connectivity index (χ0) is 18.2. The summed E-state index contributed by atoms with van der Waals surface area (Å²) in [6, 6.07) is 10.9. The molecule has 4 nitrogen and oxygen atoms in total. The van der Waals surface area contributed by atoms with Gasteiger partial charge in [0.15, 0.2) is 12.6 Å². The lowest BCUT2D eigenvalue weighted by Gasteiger charge is -2.18. The van der Waals surface area contributed by atoms with Crippen LogP contribution in [-0.2, 0) is 0 Å². The second-order valence-electron chi connectivity index (χ2n) is 6.14. The smallest absolute Gasteiger partial charge is 0.153 e. The van der Waals surface area contributed by atoms with Crippen molar-refractivity contribution < 1.29 is 19.1 Å². The van der Waals surface area contributed by atoms with E-state index in [4.69, 9.17) is 9.47 Å². The summed E-state index contributed by atoms with van der Waals surface area (Å²) in [5.41, 5.74) is 2.52. The van der Waals surface area contributed by atoms with E-state index in [1.165, 1.54) is 0 Å². The van der Waals surface area contributed by atoms with Crippen molar-refractivity contribution in [3.05, 3.63) is 59.7 Å². The Bertz CT molecular complexity index is 740. The highest BCUT2D eigenvalue weighted by Gasteiger charge is 2.17. The van der Waals surface area contributed by atoms with Gasteiger partial charge < -0.3 is 9.47 Å². The molecule has 0 amide bonds. The molecule has 1 heterocycles. The summed E-state index contributed by atoms with van der Waals surface area (Å²) >= 11 is 0. The van der Waals surface area contributed by atoms with Crippen molar-refractivity contribution in [2.24, 2.45) is 0 Å². The Balaban J connectivity index is 2.12. The highest BCUT2D eigenvalue weighted by molar-refractivity contribution is 5.91. The minimum Gasteiger partial charge on any atom is -0.492 e. The number of rotatable bonds is 2. The summed E-state index contributed by atoms with van der Waals surface area (Å²) in [6.07, 6.45) is 9.51. The highest BCUT2D eigenvalue weighted by Crippen LogP contribution is 2.39. The van der Waals surface area contributed by atoms with Gasteiger partial charge >= 0.3 is 0 Å². The number of benzene rings is 2. The van der Waals surface area contributed by atoms with Crippen LogP contribution in [0.5, 0.6) is 11.5 Å². The number of carbonyl (C=O) groups excluding carboxylic acids is 2. The topological polar surface area (TPSA) is 52.6 Å². The maximum atomic E-state index is 11.5. The van der Waals surface area contributed by atoms with Crippen molar-refractivity contribution in [2.45, 2.75) is 25.7 Å². The zero-order valence-electron chi connectivity index (χ0n) is 14.6. The van der Waals surface area contributed by atoms with Gasteiger partial charge in [-0.1, -0.05) is 36.4 Å². The van der Waals surface area contributed by atoms with Crippen LogP contribution in [0.15, 0.2) is 48.6 Å². The Morgan fingerprint density at radius 3 is 1.58 bits per heavy atom. The van der Waals surface area contributed by atoms with Crippen LogP contribution in [0.1, 0.15) is 46.4 Å². The number of hydrogen-bond donors (Lipinski definition) is 0. The van der Waals surface area contributed by atoms with Gasteiger partial charge in [-0.25, -0.2) is 0 Å². The summed E-state index contributed by atoms with van der Waals surface area (Å²) < 4.78 is 12.0. The molecule has 0 radical (unpaired) electrons. The average Bonchev–Trinajstić information content (AvgIpc) is 2.68. The number of aldehydes is 2. The standard InChI is InChI=1S/C22H22O4/c23-15-17-9-7-11-19-20-12-8-10-18(16-24)22(20)26-14-6-4-2-1-3-5-13-25-21(17)19/h1-2,7-12,15-16H,3-6,13-14H2/b2-1-. The van der Waals surface area contributed by atoms with E-state index in [0.717, 1.165) is 49.4 Å². The Hall–Kier alpha value is -2.88. The lowest BCUT2D eigenvalue weighted by atomic mass is 9.98. The molecular weight excluding hydrogens is 328 g/mol. The summed E-state index contributed by atoms with van der Waals surface area (Å²) in [4.78, 5) is 23.0. The minimum absolute atomic E-state index is 0.493. The summed E-state index contributed by atoms with van der Waals surface area (Å²) in [5.74, 6) is 1.08. The maximum absolute atomic E-state index is 11.5. The first-order chi connectivity index (χ1) is 12.8. The van der Waals surface area contributed by atoms with E-state index in [2.05, 4.69) is 12.2 Å². The predicted molar refractivity (Wildman–Crippen MR) is 101 cm³/mol. The zero-order valence-corrected chi connectivity index (χ0v) is 14.6. The number of para-hydroxylation sites is 2. The molecule has 0 saturated carbocycles. The number of allylic oxidation sites excluding steroid dienone is 2. The molecule has 0 atom stereocenters. The molecule has 2 aromatic carbocycles. The monoisotopic (exact) mass is 350 g/mol. The summed E-state index contributed by atoms with van der Waals surface area (Å²) in [6.45, 7) is 1.04. The SMILES string of the molecule is O=Cc1cccc2c1OCCC/C=C\CCCOc1c(C=O)cccc1-2. The normalized spacial score (nSPS) is 16.0. The first-order valence-corrected chi connectivity index (χ1v) is 8.92. The summed E-state index contributed by atoms with van der Waals surface area (Å²) in [5, 5.41) is 0. The van der Waals surface area contributed by atoms with Gasteiger partial charge in [0.05, 0.1) is 24.3 Å². The Kier molecular flexibility index (Phi) is 6.20. The van der Waals surface area contributed by atoms with E-state index in [-0.39, 0.29) is 0 Å². The first-order valence-electron chi connectivity index (χ1n) is 8.92. The number of hydrogen-bond acceptors (Lipinski definition) is 4. The van der Waals surface area contributed by atoms with Gasteiger partial charge in [0, 0.05) is 11.1 Å². The molecule has 1 aliphatic heterocycles. The molecule has 0 fully saturated rings. The molecule has 0 aliphatic carbocycles. The van der Waals surface area contributed by atoms with Gasteiger partial charge in [0.25, 0.3) is 0 Å². The summed E-state index contributed by atoms with van der Waals surface area (Å²) in [7, 11) is 0. The fourth-order valence-electron chi connectivity index (χ4n) is 3.03. The molecule has 26 heavy (non-hydrogen) atoms. The molecule has 1 aliphatic rings. The molecule has 3 rings (SSSR count). The first kappa shape index (κ1) is 17.9. The number of ether oxygens (including phenoxy) is 2. The molecule has 0 bridgehead atoms. The average molecular weight is 350 g/mol. The second kappa shape index (κ2) is 8.99. The van der Waals surface area contributed by atoms with Crippen LogP contribution in [0.4, 0.5) is 0 Å². The highest BCUT2D eigenvalue weighted by atomic mass is 16.5. The molecule has 2 aromatic rings. The van der Waals surface area contributed by atoms with Crippen molar-refractivity contribution in [3.8, 4) is 22.6 Å². The van der Waals surface area contributed by atoms with Crippen molar-refractivity contribution in [2.75, 3.05) is 13.2 Å². The third-order valence-corrected chi connectivity index (χ3v) is 4.32. The van der Waals surface area contributed by atoms with Crippen molar-refractivity contribution in [1.82, 2.24) is 0 Å². The van der Waals surface area contributed by atoms with E-state index in [9.17, 15) is 9.59 Å². The molecule has 0 aromatic heterocycles. The van der Waals surface area contributed by atoms with Gasteiger partial charge in [-0.15, -0.1) is 0 Å².